The van der Waals surface area contributed by atoms with Crippen molar-refractivity contribution in [3.05, 3.63) is 69.7 Å². The van der Waals surface area contributed by atoms with Crippen LogP contribution in [0.5, 0.6) is 0 Å². The minimum absolute atomic E-state index is 0.127. The molecule has 4 rings (SSSR count). The fraction of sp³-hybridized carbons (Fsp3) is 0.348. The van der Waals surface area contributed by atoms with Crippen LogP contribution < -0.4 is 4.90 Å². The summed E-state index contributed by atoms with van der Waals surface area (Å²) in [7, 11) is 0. The average Bonchev–Trinajstić information content (AvgIpc) is 3.08. The molecule has 1 unspecified atom stereocenters. The van der Waals surface area contributed by atoms with Gasteiger partial charge >= 0.3 is 0 Å². The van der Waals surface area contributed by atoms with Crippen LogP contribution in [0.2, 0.25) is 10.0 Å². The Morgan fingerprint density at radius 1 is 1.14 bits per heavy atom. The predicted octanol–water partition coefficient (Wildman–Crippen LogP) is 5.62. The Labute approximate surface area is 176 Å². The number of benzene rings is 2. The molecule has 0 N–H and O–H groups in total. The first-order chi connectivity index (χ1) is 13.5. The Morgan fingerprint density at radius 2 is 1.96 bits per heavy atom. The van der Waals surface area contributed by atoms with Gasteiger partial charge in [-0.3, -0.25) is 9.69 Å². The molecule has 0 aromatic heterocycles. The summed E-state index contributed by atoms with van der Waals surface area (Å²) in [5.74, 6) is 0.544. The van der Waals surface area contributed by atoms with Gasteiger partial charge in [0.1, 0.15) is 0 Å². The van der Waals surface area contributed by atoms with E-state index in [2.05, 4.69) is 29.2 Å². The normalized spacial score (nSPS) is 19.5. The van der Waals surface area contributed by atoms with Crippen molar-refractivity contribution >= 4 is 40.4 Å². The van der Waals surface area contributed by atoms with E-state index < -0.39 is 0 Å². The highest BCUT2D eigenvalue weighted by molar-refractivity contribution is 6.42. The van der Waals surface area contributed by atoms with Gasteiger partial charge in [-0.15, -0.1) is 0 Å². The summed E-state index contributed by atoms with van der Waals surface area (Å²) in [4.78, 5) is 16.4. The maximum absolute atomic E-state index is 12.0. The quantitative estimate of drug-likeness (QED) is 0.647. The number of fused-ring (bicyclic) bond motifs is 1. The molecular weight excluding hydrogens is 391 g/mol. The van der Waals surface area contributed by atoms with Gasteiger partial charge in [0, 0.05) is 38.2 Å². The monoisotopic (exact) mass is 414 g/mol. The lowest BCUT2D eigenvalue weighted by Gasteiger charge is -2.27. The first kappa shape index (κ1) is 19.5. The molecule has 0 spiro atoms. The minimum atomic E-state index is 0.127. The van der Waals surface area contributed by atoms with Crippen LogP contribution in [0.4, 0.5) is 5.69 Å². The van der Waals surface area contributed by atoms with Gasteiger partial charge in [-0.25, -0.2) is 0 Å². The molecular formula is C23H24Cl2N2O. The van der Waals surface area contributed by atoms with Crippen molar-refractivity contribution < 1.29 is 4.79 Å². The molecule has 146 valence electrons. The lowest BCUT2D eigenvalue weighted by atomic mass is 9.96. The van der Waals surface area contributed by atoms with E-state index in [1.807, 2.05) is 29.2 Å². The second-order valence-corrected chi connectivity index (χ2v) is 8.40. The van der Waals surface area contributed by atoms with E-state index in [0.717, 1.165) is 50.3 Å². The third kappa shape index (κ3) is 3.98. The molecule has 1 amide bonds. The summed E-state index contributed by atoms with van der Waals surface area (Å²) in [6.07, 6.45) is 4.38. The molecule has 5 heteroatoms. The largest absolute Gasteiger partial charge is 0.312 e. The van der Waals surface area contributed by atoms with E-state index >= 15 is 0 Å². The third-order valence-electron chi connectivity index (χ3n) is 5.83. The van der Waals surface area contributed by atoms with E-state index in [9.17, 15) is 4.79 Å². The Bertz CT molecular complexity index is 925. The number of nitrogens with zero attached hydrogens (tertiary/aromatic N) is 2. The van der Waals surface area contributed by atoms with Crippen molar-refractivity contribution in [2.24, 2.45) is 0 Å². The standard InChI is InChI=1S/C23H24Cl2N2O/c1-16(28)27-15-19(20-4-2-3-5-23(20)27)10-13-26-11-8-17(9-12-26)18-6-7-21(24)22(25)14-18/h2-8,14,19H,9-13,15H2,1H3. The van der Waals surface area contributed by atoms with Gasteiger partial charge in [-0.2, -0.15) is 0 Å². The van der Waals surface area contributed by atoms with Gasteiger partial charge < -0.3 is 4.90 Å². The molecule has 0 aliphatic carbocycles. The van der Waals surface area contributed by atoms with Crippen molar-refractivity contribution in [3.8, 4) is 0 Å². The number of rotatable bonds is 4. The number of carbonyl (C=O) groups is 1. The van der Waals surface area contributed by atoms with Crippen molar-refractivity contribution in [2.75, 3.05) is 31.1 Å². The fourth-order valence-electron chi connectivity index (χ4n) is 4.25. The lowest BCUT2D eigenvalue weighted by molar-refractivity contribution is -0.116. The van der Waals surface area contributed by atoms with Crippen molar-refractivity contribution in [1.82, 2.24) is 4.90 Å². The highest BCUT2D eigenvalue weighted by Gasteiger charge is 2.30. The first-order valence-corrected chi connectivity index (χ1v) is 10.5. The highest BCUT2D eigenvalue weighted by Crippen LogP contribution is 2.38. The van der Waals surface area contributed by atoms with Crippen molar-refractivity contribution in [3.63, 3.8) is 0 Å². The molecule has 28 heavy (non-hydrogen) atoms. The summed E-state index contributed by atoms with van der Waals surface area (Å²) in [5, 5.41) is 1.21. The van der Waals surface area contributed by atoms with Crippen LogP contribution in [0.25, 0.3) is 5.57 Å². The number of anilines is 1. The number of amides is 1. The molecule has 0 saturated heterocycles. The van der Waals surface area contributed by atoms with Gasteiger partial charge in [0.05, 0.1) is 10.0 Å². The van der Waals surface area contributed by atoms with Crippen LogP contribution in [0, 0.1) is 0 Å². The Hall–Kier alpha value is -1.81. The summed E-state index contributed by atoms with van der Waals surface area (Å²) < 4.78 is 0. The molecule has 2 aliphatic heterocycles. The molecule has 2 heterocycles. The van der Waals surface area contributed by atoms with Gasteiger partial charge in [0.15, 0.2) is 0 Å². The summed E-state index contributed by atoms with van der Waals surface area (Å²) in [6.45, 7) is 5.47. The van der Waals surface area contributed by atoms with E-state index in [-0.39, 0.29) is 5.91 Å². The summed E-state index contributed by atoms with van der Waals surface area (Å²) in [6, 6.07) is 14.2. The predicted molar refractivity (Wildman–Crippen MR) is 117 cm³/mol. The average molecular weight is 415 g/mol. The molecule has 0 fully saturated rings. The van der Waals surface area contributed by atoms with Gasteiger partial charge in [0.25, 0.3) is 0 Å². The summed E-state index contributed by atoms with van der Waals surface area (Å²) >= 11 is 12.2. The first-order valence-electron chi connectivity index (χ1n) is 9.77. The second kappa shape index (κ2) is 8.28. The zero-order valence-electron chi connectivity index (χ0n) is 16.0. The van der Waals surface area contributed by atoms with E-state index in [1.165, 1.54) is 11.1 Å². The maximum Gasteiger partial charge on any atom is 0.223 e. The molecule has 2 aromatic carbocycles. The Balaban J connectivity index is 1.37. The van der Waals surface area contributed by atoms with E-state index in [1.54, 1.807) is 6.92 Å². The second-order valence-electron chi connectivity index (χ2n) is 7.58. The van der Waals surface area contributed by atoms with Crippen LogP contribution in [-0.4, -0.2) is 37.0 Å². The summed E-state index contributed by atoms with van der Waals surface area (Å²) in [5.41, 5.74) is 4.89. The SMILES string of the molecule is CC(=O)N1CC(CCN2CC=C(c3ccc(Cl)c(Cl)c3)CC2)c2ccccc21. The molecule has 2 aromatic rings. The Morgan fingerprint density at radius 3 is 2.68 bits per heavy atom. The van der Waals surface area contributed by atoms with E-state index in [0.29, 0.717) is 16.0 Å². The lowest BCUT2D eigenvalue weighted by Crippen LogP contribution is -2.31. The van der Waals surface area contributed by atoms with Crippen LogP contribution in [0.15, 0.2) is 48.5 Å². The zero-order chi connectivity index (χ0) is 19.7. The Kier molecular flexibility index (Phi) is 5.77. The molecule has 0 bridgehead atoms. The number of carbonyl (C=O) groups excluding carboxylic acids is 1. The highest BCUT2D eigenvalue weighted by atomic mass is 35.5. The molecule has 1 atom stereocenters. The molecule has 0 saturated carbocycles. The number of halogens is 2. The number of hydrogen-bond acceptors (Lipinski definition) is 2. The molecule has 2 aliphatic rings. The van der Waals surface area contributed by atoms with Gasteiger partial charge in [0.2, 0.25) is 5.91 Å². The minimum Gasteiger partial charge on any atom is -0.312 e. The number of para-hydroxylation sites is 1. The third-order valence-corrected chi connectivity index (χ3v) is 6.57. The fourth-order valence-corrected chi connectivity index (χ4v) is 4.55. The van der Waals surface area contributed by atoms with Crippen molar-refractivity contribution in [1.29, 1.82) is 0 Å². The van der Waals surface area contributed by atoms with Gasteiger partial charge in [-0.05, 0) is 54.3 Å². The van der Waals surface area contributed by atoms with Crippen LogP contribution in [0.3, 0.4) is 0 Å². The molecule has 3 nitrogen and oxygen atoms in total. The topological polar surface area (TPSA) is 23.6 Å². The number of hydrogen-bond donors (Lipinski definition) is 0. The van der Waals surface area contributed by atoms with Crippen LogP contribution in [-0.2, 0) is 4.79 Å². The van der Waals surface area contributed by atoms with Gasteiger partial charge in [-0.1, -0.05) is 53.5 Å². The van der Waals surface area contributed by atoms with E-state index in [4.69, 9.17) is 23.2 Å². The molecule has 0 radical (unpaired) electrons. The maximum atomic E-state index is 12.0. The van der Waals surface area contributed by atoms with Crippen LogP contribution in [0.1, 0.15) is 36.8 Å². The zero-order valence-corrected chi connectivity index (χ0v) is 17.5. The van der Waals surface area contributed by atoms with Crippen molar-refractivity contribution in [2.45, 2.75) is 25.7 Å². The van der Waals surface area contributed by atoms with Crippen LogP contribution >= 0.6 is 23.2 Å². The smallest absolute Gasteiger partial charge is 0.223 e.